The van der Waals surface area contributed by atoms with E-state index in [4.69, 9.17) is 10.2 Å². The fourth-order valence-electron chi connectivity index (χ4n) is 1.59. The van der Waals surface area contributed by atoms with Crippen molar-refractivity contribution in [1.82, 2.24) is 5.32 Å². The molecule has 0 rings (SSSR count). The van der Waals surface area contributed by atoms with Gasteiger partial charge in [-0.3, -0.25) is 9.59 Å². The summed E-state index contributed by atoms with van der Waals surface area (Å²) in [5.41, 5.74) is -0.576. The number of aliphatic hydroxyl groups is 1. The van der Waals surface area contributed by atoms with Crippen LogP contribution in [-0.2, 0) is 9.59 Å². The molecule has 0 unspecified atom stereocenters. The fourth-order valence-corrected chi connectivity index (χ4v) is 1.59. The van der Waals surface area contributed by atoms with Crippen molar-refractivity contribution in [3.8, 4) is 0 Å². The quantitative estimate of drug-likeness (QED) is 0.624. The van der Waals surface area contributed by atoms with Gasteiger partial charge >= 0.3 is 5.97 Å². The van der Waals surface area contributed by atoms with Crippen molar-refractivity contribution >= 4 is 11.9 Å². The molecular weight excluding hydrogens is 222 g/mol. The van der Waals surface area contributed by atoms with Gasteiger partial charge in [-0.2, -0.15) is 0 Å². The van der Waals surface area contributed by atoms with Crippen LogP contribution in [0.5, 0.6) is 0 Å². The Kier molecular flexibility index (Phi) is 6.16. The average Bonchev–Trinajstić information content (AvgIpc) is 2.10. The maximum Gasteiger partial charge on any atom is 0.303 e. The van der Waals surface area contributed by atoms with Crippen molar-refractivity contribution in [1.29, 1.82) is 0 Å². The predicted molar refractivity (Wildman–Crippen MR) is 64.5 cm³/mol. The first kappa shape index (κ1) is 15.9. The van der Waals surface area contributed by atoms with Gasteiger partial charge in [-0.15, -0.1) is 0 Å². The number of amides is 1. The van der Waals surface area contributed by atoms with E-state index in [1.54, 1.807) is 13.8 Å². The van der Waals surface area contributed by atoms with Crippen LogP contribution < -0.4 is 5.32 Å². The van der Waals surface area contributed by atoms with Gasteiger partial charge in [-0.25, -0.2) is 0 Å². The van der Waals surface area contributed by atoms with Crippen molar-refractivity contribution in [2.45, 2.75) is 46.6 Å². The molecule has 0 fully saturated rings. The standard InChI is InChI=1S/C12H23NO4/c1-8(2)9(7-14)13-10(15)5-12(3,4)6-11(16)17/h8-9,14H,5-7H2,1-4H3,(H,13,15)(H,16,17)/t9-/m1/s1. The number of carboxylic acid groups (broad SMARTS) is 1. The van der Waals surface area contributed by atoms with Gasteiger partial charge in [0, 0.05) is 6.42 Å². The van der Waals surface area contributed by atoms with Gasteiger partial charge in [0.05, 0.1) is 19.1 Å². The Balaban J connectivity index is 4.29. The van der Waals surface area contributed by atoms with Gasteiger partial charge in [0.1, 0.15) is 0 Å². The lowest BCUT2D eigenvalue weighted by Crippen LogP contribution is -2.42. The molecule has 0 saturated carbocycles. The highest BCUT2D eigenvalue weighted by Crippen LogP contribution is 2.24. The Morgan fingerprint density at radius 1 is 1.24 bits per heavy atom. The maximum atomic E-state index is 11.7. The minimum Gasteiger partial charge on any atom is -0.481 e. The second kappa shape index (κ2) is 6.59. The third-order valence-electron chi connectivity index (χ3n) is 2.62. The minimum absolute atomic E-state index is 0.0497. The summed E-state index contributed by atoms with van der Waals surface area (Å²) < 4.78 is 0. The van der Waals surface area contributed by atoms with Crippen LogP contribution in [0, 0.1) is 11.3 Å². The van der Waals surface area contributed by atoms with Crippen molar-refractivity contribution in [2.75, 3.05) is 6.61 Å². The summed E-state index contributed by atoms with van der Waals surface area (Å²) in [6.45, 7) is 7.18. The lowest BCUT2D eigenvalue weighted by molar-refractivity contribution is -0.139. The zero-order chi connectivity index (χ0) is 13.6. The molecule has 0 aliphatic rings. The van der Waals surface area contributed by atoms with E-state index in [-0.39, 0.29) is 37.3 Å². The normalized spacial score (nSPS) is 13.5. The monoisotopic (exact) mass is 245 g/mol. The third kappa shape index (κ3) is 6.94. The van der Waals surface area contributed by atoms with Crippen molar-refractivity contribution < 1.29 is 19.8 Å². The Labute approximate surface area is 102 Å². The lowest BCUT2D eigenvalue weighted by atomic mass is 9.85. The van der Waals surface area contributed by atoms with Gasteiger partial charge in [0.15, 0.2) is 0 Å². The van der Waals surface area contributed by atoms with Crippen molar-refractivity contribution in [3.05, 3.63) is 0 Å². The van der Waals surface area contributed by atoms with Gasteiger partial charge in [-0.1, -0.05) is 27.7 Å². The maximum absolute atomic E-state index is 11.7. The van der Waals surface area contributed by atoms with Gasteiger partial charge in [0.2, 0.25) is 5.91 Å². The minimum atomic E-state index is -0.912. The molecule has 0 bridgehead atoms. The summed E-state index contributed by atoms with van der Waals surface area (Å²) in [6.07, 6.45) is 0.0917. The largest absolute Gasteiger partial charge is 0.481 e. The summed E-state index contributed by atoms with van der Waals surface area (Å²) in [5, 5.41) is 20.5. The van der Waals surface area contributed by atoms with E-state index in [1.807, 2.05) is 13.8 Å². The number of rotatable bonds is 7. The number of aliphatic hydroxyl groups excluding tert-OH is 1. The van der Waals surface area contributed by atoms with Gasteiger partial charge in [0.25, 0.3) is 0 Å². The topological polar surface area (TPSA) is 86.6 Å². The van der Waals surface area contributed by atoms with E-state index in [1.165, 1.54) is 0 Å². The molecule has 0 aromatic rings. The molecule has 0 aliphatic heterocycles. The molecule has 1 atom stereocenters. The van der Waals surface area contributed by atoms with Crippen LogP contribution in [0.3, 0.4) is 0 Å². The number of hydrogen-bond donors (Lipinski definition) is 3. The number of carboxylic acids is 1. The SMILES string of the molecule is CC(C)[C@@H](CO)NC(=O)CC(C)(C)CC(=O)O. The second-order valence-corrected chi connectivity index (χ2v) is 5.51. The Morgan fingerprint density at radius 2 is 1.76 bits per heavy atom. The fraction of sp³-hybridized carbons (Fsp3) is 0.833. The summed E-state index contributed by atoms with van der Waals surface area (Å²) in [5.74, 6) is -0.985. The molecule has 5 nitrogen and oxygen atoms in total. The van der Waals surface area contributed by atoms with E-state index in [0.29, 0.717) is 0 Å². The summed E-state index contributed by atoms with van der Waals surface area (Å²) in [6, 6.07) is -0.275. The Morgan fingerprint density at radius 3 is 2.12 bits per heavy atom. The van der Waals surface area contributed by atoms with Gasteiger partial charge < -0.3 is 15.5 Å². The van der Waals surface area contributed by atoms with E-state index in [0.717, 1.165) is 0 Å². The average molecular weight is 245 g/mol. The number of aliphatic carboxylic acids is 1. The Bertz CT molecular complexity index is 274. The summed E-state index contributed by atoms with van der Waals surface area (Å²) >= 11 is 0. The number of nitrogens with one attached hydrogen (secondary N) is 1. The summed E-state index contributed by atoms with van der Waals surface area (Å²) in [7, 11) is 0. The van der Waals surface area contributed by atoms with Crippen LogP contribution in [0.2, 0.25) is 0 Å². The molecule has 0 heterocycles. The third-order valence-corrected chi connectivity index (χ3v) is 2.62. The molecule has 3 N–H and O–H groups in total. The number of carbonyl (C=O) groups is 2. The molecule has 5 heteroatoms. The lowest BCUT2D eigenvalue weighted by Gasteiger charge is -2.25. The molecule has 0 spiro atoms. The highest BCUT2D eigenvalue weighted by atomic mass is 16.4. The molecule has 0 aliphatic carbocycles. The van der Waals surface area contributed by atoms with Gasteiger partial charge in [-0.05, 0) is 11.3 Å². The van der Waals surface area contributed by atoms with E-state index < -0.39 is 11.4 Å². The van der Waals surface area contributed by atoms with Crippen LogP contribution in [0.15, 0.2) is 0 Å². The van der Waals surface area contributed by atoms with Crippen molar-refractivity contribution in [2.24, 2.45) is 11.3 Å². The van der Waals surface area contributed by atoms with E-state index in [9.17, 15) is 9.59 Å². The smallest absolute Gasteiger partial charge is 0.303 e. The number of hydrogen-bond acceptors (Lipinski definition) is 3. The zero-order valence-corrected chi connectivity index (χ0v) is 11.0. The molecule has 100 valence electrons. The molecular formula is C12H23NO4. The van der Waals surface area contributed by atoms with Crippen molar-refractivity contribution in [3.63, 3.8) is 0 Å². The highest BCUT2D eigenvalue weighted by Gasteiger charge is 2.26. The molecule has 0 radical (unpaired) electrons. The highest BCUT2D eigenvalue weighted by molar-refractivity contribution is 5.78. The van der Waals surface area contributed by atoms with E-state index in [2.05, 4.69) is 5.32 Å². The van der Waals surface area contributed by atoms with Crippen LogP contribution in [0.4, 0.5) is 0 Å². The van der Waals surface area contributed by atoms with Crippen LogP contribution in [0.1, 0.15) is 40.5 Å². The first-order valence-electron chi connectivity index (χ1n) is 5.80. The summed E-state index contributed by atoms with van der Waals surface area (Å²) in [4.78, 5) is 22.3. The first-order chi connectivity index (χ1) is 7.68. The van der Waals surface area contributed by atoms with Crippen LogP contribution >= 0.6 is 0 Å². The number of carbonyl (C=O) groups excluding carboxylic acids is 1. The first-order valence-corrected chi connectivity index (χ1v) is 5.80. The molecule has 0 aromatic heterocycles. The molecule has 0 saturated heterocycles. The molecule has 1 amide bonds. The van der Waals surface area contributed by atoms with Crippen LogP contribution in [-0.4, -0.2) is 34.7 Å². The molecule has 0 aromatic carbocycles. The molecule has 17 heavy (non-hydrogen) atoms. The van der Waals surface area contributed by atoms with E-state index >= 15 is 0 Å². The zero-order valence-electron chi connectivity index (χ0n) is 11.0. The van der Waals surface area contributed by atoms with Crippen LogP contribution in [0.25, 0.3) is 0 Å². The second-order valence-electron chi connectivity index (χ2n) is 5.51. The Hall–Kier alpha value is -1.10. The predicted octanol–water partition coefficient (Wildman–Crippen LogP) is 1.01.